The average molecular weight is 366 g/mol. The first-order valence-electron chi connectivity index (χ1n) is 5.55. The molecular formula is C14H11IN2O2. The zero-order chi connectivity index (χ0) is 13.5. The summed E-state index contributed by atoms with van der Waals surface area (Å²) in [6.07, 6.45) is 6.52. The first kappa shape index (κ1) is 13.5. The molecule has 1 N–H and O–H groups in total. The maximum Gasteiger partial charge on any atom is 0.271 e. The molecule has 5 heteroatoms. The zero-order valence-corrected chi connectivity index (χ0v) is 12.1. The van der Waals surface area contributed by atoms with Crippen LogP contribution in [-0.4, -0.2) is 12.1 Å². The van der Waals surface area contributed by atoms with E-state index in [1.54, 1.807) is 36.6 Å². The Labute approximate surface area is 124 Å². The monoisotopic (exact) mass is 366 g/mol. The lowest BCUT2D eigenvalue weighted by molar-refractivity contribution is 0.0955. The summed E-state index contributed by atoms with van der Waals surface area (Å²) in [6, 6.07) is 10.9. The number of carbonyl (C=O) groups is 1. The molecule has 19 heavy (non-hydrogen) atoms. The first-order chi connectivity index (χ1) is 9.25. The smallest absolute Gasteiger partial charge is 0.271 e. The zero-order valence-electron chi connectivity index (χ0n) is 9.92. The summed E-state index contributed by atoms with van der Waals surface area (Å²) in [7, 11) is 0. The van der Waals surface area contributed by atoms with Gasteiger partial charge >= 0.3 is 0 Å². The Bertz CT molecular complexity index is 586. The molecule has 1 aromatic carbocycles. The van der Waals surface area contributed by atoms with Gasteiger partial charge in [-0.3, -0.25) is 4.79 Å². The Morgan fingerprint density at radius 1 is 1.26 bits per heavy atom. The van der Waals surface area contributed by atoms with E-state index in [1.807, 2.05) is 18.2 Å². The van der Waals surface area contributed by atoms with E-state index >= 15 is 0 Å². The number of carbonyl (C=O) groups excluding carboxylic acids is 1. The number of hydrogen-bond donors (Lipinski definition) is 1. The summed E-state index contributed by atoms with van der Waals surface area (Å²) in [5.41, 5.74) is 3.02. The fourth-order valence-corrected chi connectivity index (χ4v) is 1.69. The van der Waals surface area contributed by atoms with Gasteiger partial charge in [0.25, 0.3) is 5.91 Å². The topological polar surface area (TPSA) is 54.6 Å². The molecule has 0 unspecified atom stereocenters. The van der Waals surface area contributed by atoms with Crippen LogP contribution in [0, 0.1) is 3.57 Å². The molecule has 0 aliphatic rings. The normalized spacial score (nSPS) is 11.2. The summed E-state index contributed by atoms with van der Waals surface area (Å²) in [6.45, 7) is 0. The highest BCUT2D eigenvalue weighted by atomic mass is 127. The number of halogens is 1. The van der Waals surface area contributed by atoms with Crippen molar-refractivity contribution in [3.05, 3.63) is 63.6 Å². The number of hydrogen-bond acceptors (Lipinski definition) is 3. The van der Waals surface area contributed by atoms with E-state index in [0.717, 1.165) is 9.33 Å². The van der Waals surface area contributed by atoms with E-state index in [2.05, 4.69) is 33.1 Å². The van der Waals surface area contributed by atoms with Crippen molar-refractivity contribution in [3.63, 3.8) is 0 Å². The Morgan fingerprint density at radius 3 is 2.74 bits per heavy atom. The minimum absolute atomic E-state index is 0.237. The van der Waals surface area contributed by atoms with Crippen LogP contribution in [0.15, 0.2) is 58.3 Å². The molecule has 96 valence electrons. The van der Waals surface area contributed by atoms with E-state index in [-0.39, 0.29) is 5.91 Å². The second kappa shape index (κ2) is 6.89. The number of nitrogens with one attached hydrogen (secondary N) is 1. The van der Waals surface area contributed by atoms with Gasteiger partial charge in [-0.1, -0.05) is 0 Å². The van der Waals surface area contributed by atoms with Crippen LogP contribution in [0.2, 0.25) is 0 Å². The molecular weight excluding hydrogens is 355 g/mol. The molecule has 0 aliphatic carbocycles. The van der Waals surface area contributed by atoms with Crippen molar-refractivity contribution in [3.8, 4) is 0 Å². The Hall–Kier alpha value is -1.89. The van der Waals surface area contributed by atoms with Gasteiger partial charge in [-0.2, -0.15) is 5.10 Å². The van der Waals surface area contributed by atoms with Gasteiger partial charge in [0.15, 0.2) is 0 Å². The van der Waals surface area contributed by atoms with E-state index < -0.39 is 0 Å². The molecule has 2 aromatic rings. The molecule has 2 rings (SSSR count). The minimum atomic E-state index is -0.237. The van der Waals surface area contributed by atoms with Gasteiger partial charge in [-0.25, -0.2) is 5.43 Å². The molecule has 4 nitrogen and oxygen atoms in total. The molecule has 0 fully saturated rings. The third-order valence-corrected chi connectivity index (χ3v) is 2.96. The van der Waals surface area contributed by atoms with Crippen LogP contribution in [0.1, 0.15) is 16.1 Å². The number of hydrazone groups is 1. The number of benzene rings is 1. The highest BCUT2D eigenvalue weighted by Crippen LogP contribution is 2.06. The molecule has 1 amide bonds. The van der Waals surface area contributed by atoms with Crippen molar-refractivity contribution < 1.29 is 9.21 Å². The SMILES string of the molecule is O=C(NN=CC=Cc1ccco1)c1ccc(I)cc1. The van der Waals surface area contributed by atoms with Crippen LogP contribution in [0.25, 0.3) is 6.08 Å². The lowest BCUT2D eigenvalue weighted by Crippen LogP contribution is -2.17. The van der Waals surface area contributed by atoms with Crippen LogP contribution < -0.4 is 5.43 Å². The summed E-state index contributed by atoms with van der Waals surface area (Å²) in [5.74, 6) is 0.495. The Balaban J connectivity index is 1.85. The van der Waals surface area contributed by atoms with Crippen LogP contribution in [0.4, 0.5) is 0 Å². The molecule has 0 aliphatic heterocycles. The summed E-state index contributed by atoms with van der Waals surface area (Å²) >= 11 is 2.19. The predicted molar refractivity (Wildman–Crippen MR) is 82.9 cm³/mol. The van der Waals surface area contributed by atoms with Crippen LogP contribution >= 0.6 is 22.6 Å². The summed E-state index contributed by atoms with van der Waals surface area (Å²) < 4.78 is 6.19. The van der Waals surface area contributed by atoms with Crippen molar-refractivity contribution in [2.75, 3.05) is 0 Å². The second-order valence-electron chi connectivity index (χ2n) is 3.60. The van der Waals surface area contributed by atoms with Crippen LogP contribution in [0.3, 0.4) is 0 Å². The van der Waals surface area contributed by atoms with Gasteiger partial charge in [0, 0.05) is 15.3 Å². The number of allylic oxidation sites excluding steroid dienone is 1. The molecule has 0 saturated carbocycles. The van der Waals surface area contributed by atoms with E-state index in [9.17, 15) is 4.79 Å². The van der Waals surface area contributed by atoms with Gasteiger partial charge in [-0.05, 0) is 71.1 Å². The van der Waals surface area contributed by atoms with E-state index in [0.29, 0.717) is 5.56 Å². The number of rotatable bonds is 4. The lowest BCUT2D eigenvalue weighted by Gasteiger charge is -1.98. The minimum Gasteiger partial charge on any atom is -0.465 e. The predicted octanol–water partition coefficient (Wildman–Crippen LogP) is 3.31. The first-order valence-corrected chi connectivity index (χ1v) is 6.63. The molecule has 0 atom stereocenters. The molecule has 0 saturated heterocycles. The highest BCUT2D eigenvalue weighted by molar-refractivity contribution is 14.1. The van der Waals surface area contributed by atoms with Crippen LogP contribution in [0.5, 0.6) is 0 Å². The number of nitrogens with zero attached hydrogens (tertiary/aromatic N) is 1. The molecule has 1 aromatic heterocycles. The fourth-order valence-electron chi connectivity index (χ4n) is 1.33. The van der Waals surface area contributed by atoms with Crippen molar-refractivity contribution in [2.45, 2.75) is 0 Å². The standard InChI is InChI=1S/C14H11IN2O2/c15-12-7-5-11(6-8-12)14(18)17-16-9-1-3-13-4-2-10-19-13/h1-10H,(H,17,18). The third kappa shape index (κ3) is 4.36. The highest BCUT2D eigenvalue weighted by Gasteiger charge is 2.02. The Kier molecular flexibility index (Phi) is 4.91. The summed E-state index contributed by atoms with van der Waals surface area (Å²) in [5, 5.41) is 3.81. The van der Waals surface area contributed by atoms with Crippen molar-refractivity contribution in [2.24, 2.45) is 5.10 Å². The van der Waals surface area contributed by atoms with Gasteiger partial charge in [0.05, 0.1) is 6.26 Å². The number of furan rings is 1. The van der Waals surface area contributed by atoms with Gasteiger partial charge in [0.1, 0.15) is 5.76 Å². The lowest BCUT2D eigenvalue weighted by atomic mass is 10.2. The Morgan fingerprint density at radius 2 is 2.05 bits per heavy atom. The van der Waals surface area contributed by atoms with Crippen LogP contribution in [-0.2, 0) is 0 Å². The average Bonchev–Trinajstić information content (AvgIpc) is 2.92. The third-order valence-electron chi connectivity index (χ3n) is 2.24. The largest absolute Gasteiger partial charge is 0.465 e. The molecule has 0 bridgehead atoms. The van der Waals surface area contributed by atoms with Gasteiger partial charge in [-0.15, -0.1) is 0 Å². The van der Waals surface area contributed by atoms with E-state index in [4.69, 9.17) is 4.42 Å². The molecule has 0 radical (unpaired) electrons. The van der Waals surface area contributed by atoms with Gasteiger partial charge in [0.2, 0.25) is 0 Å². The van der Waals surface area contributed by atoms with Crippen molar-refractivity contribution in [1.29, 1.82) is 0 Å². The fraction of sp³-hybridized carbons (Fsp3) is 0. The van der Waals surface area contributed by atoms with Gasteiger partial charge < -0.3 is 4.42 Å². The summed E-state index contributed by atoms with van der Waals surface area (Å²) in [4.78, 5) is 11.7. The maximum atomic E-state index is 11.7. The van der Waals surface area contributed by atoms with Crippen molar-refractivity contribution >= 4 is 40.8 Å². The van der Waals surface area contributed by atoms with E-state index in [1.165, 1.54) is 6.21 Å². The van der Waals surface area contributed by atoms with Crippen molar-refractivity contribution in [1.82, 2.24) is 5.43 Å². The molecule has 1 heterocycles. The number of amides is 1. The maximum absolute atomic E-state index is 11.7. The molecule has 0 spiro atoms. The quantitative estimate of drug-likeness (QED) is 0.513. The second-order valence-corrected chi connectivity index (χ2v) is 4.85.